The fraction of sp³-hybridized carbons (Fsp3) is 0.355. The van der Waals surface area contributed by atoms with Crippen LogP contribution in [0.15, 0.2) is 64.0 Å². The van der Waals surface area contributed by atoms with Crippen molar-refractivity contribution in [3.05, 3.63) is 86.9 Å². The third-order valence-corrected chi connectivity index (χ3v) is 10.4. The van der Waals surface area contributed by atoms with E-state index in [1.165, 1.54) is 11.2 Å². The number of carbonyl (C=O) groups is 2. The second-order valence-electron chi connectivity index (χ2n) is 10.5. The first-order chi connectivity index (χ1) is 18.9. The number of rotatable bonds is 7. The molecular weight excluding hydrogens is 590 g/mol. The van der Waals surface area contributed by atoms with Crippen LogP contribution in [0.3, 0.4) is 0 Å². The summed E-state index contributed by atoms with van der Waals surface area (Å²) in [4.78, 5) is 27.5. The number of sulfonamides is 1. The number of carbonyl (C=O) groups excluding carboxylic acids is 2. The van der Waals surface area contributed by atoms with Gasteiger partial charge in [-0.15, -0.1) is 0 Å². The maximum absolute atomic E-state index is 13.9. The molecule has 0 aromatic heterocycles. The molecule has 0 bridgehead atoms. The third kappa shape index (κ3) is 6.48. The van der Waals surface area contributed by atoms with Crippen molar-refractivity contribution in [3.8, 4) is 0 Å². The molecule has 0 spiro atoms. The molecule has 9 heteroatoms. The summed E-state index contributed by atoms with van der Waals surface area (Å²) < 4.78 is 30.0. The lowest BCUT2D eigenvalue weighted by Crippen LogP contribution is -2.44. The average Bonchev–Trinajstić information content (AvgIpc) is 2.91. The van der Waals surface area contributed by atoms with Gasteiger partial charge in [0.05, 0.1) is 11.4 Å². The van der Waals surface area contributed by atoms with Crippen LogP contribution in [0.2, 0.25) is 0 Å². The van der Waals surface area contributed by atoms with Gasteiger partial charge >= 0.3 is 0 Å². The lowest BCUT2D eigenvalue weighted by atomic mass is 9.96. The summed E-state index contributed by atoms with van der Waals surface area (Å²) in [7, 11) is -3.69. The van der Waals surface area contributed by atoms with E-state index in [-0.39, 0.29) is 30.8 Å². The van der Waals surface area contributed by atoms with E-state index in [0.717, 1.165) is 38.0 Å². The molecular formula is C31H36BrN3O4S. The molecule has 7 nitrogen and oxygen atoms in total. The van der Waals surface area contributed by atoms with E-state index in [9.17, 15) is 18.0 Å². The topological polar surface area (TPSA) is 86.8 Å². The largest absolute Gasteiger partial charge is 0.326 e. The molecule has 3 aromatic carbocycles. The van der Waals surface area contributed by atoms with E-state index in [0.29, 0.717) is 30.0 Å². The first-order valence-electron chi connectivity index (χ1n) is 13.4. The number of hydrogen-bond donors (Lipinski definition) is 1. The molecule has 1 aliphatic rings. The highest BCUT2D eigenvalue weighted by Gasteiger charge is 2.36. The molecule has 4 rings (SSSR count). The van der Waals surface area contributed by atoms with Gasteiger partial charge in [0.2, 0.25) is 21.8 Å². The van der Waals surface area contributed by atoms with Crippen LogP contribution in [0, 0.1) is 33.6 Å². The van der Waals surface area contributed by atoms with Crippen molar-refractivity contribution in [3.63, 3.8) is 0 Å². The van der Waals surface area contributed by atoms with Gasteiger partial charge in [-0.05, 0) is 105 Å². The van der Waals surface area contributed by atoms with E-state index in [2.05, 4.69) is 21.2 Å². The van der Waals surface area contributed by atoms with Crippen LogP contribution >= 0.6 is 15.9 Å². The van der Waals surface area contributed by atoms with Gasteiger partial charge in [0.25, 0.3) is 0 Å². The van der Waals surface area contributed by atoms with Crippen LogP contribution in [0.1, 0.15) is 47.6 Å². The monoisotopic (exact) mass is 625 g/mol. The van der Waals surface area contributed by atoms with Gasteiger partial charge in [-0.25, -0.2) is 8.42 Å². The molecule has 0 saturated carbocycles. The highest BCUT2D eigenvalue weighted by molar-refractivity contribution is 9.10. The Morgan fingerprint density at radius 3 is 2.00 bits per heavy atom. The van der Waals surface area contributed by atoms with Gasteiger partial charge in [0.1, 0.15) is 0 Å². The summed E-state index contributed by atoms with van der Waals surface area (Å²) >= 11 is 3.46. The van der Waals surface area contributed by atoms with Gasteiger partial charge in [0.15, 0.2) is 0 Å². The molecule has 0 radical (unpaired) electrons. The Labute approximate surface area is 245 Å². The molecule has 2 amide bonds. The summed E-state index contributed by atoms with van der Waals surface area (Å²) in [6.45, 7) is 10.0. The number of benzene rings is 3. The smallest absolute Gasteiger partial charge is 0.243 e. The Hall–Kier alpha value is -3.01. The number of nitrogens with one attached hydrogen (secondary N) is 1. The fourth-order valence-electron chi connectivity index (χ4n) is 5.26. The van der Waals surface area contributed by atoms with Crippen molar-refractivity contribution in [2.75, 3.05) is 23.3 Å². The van der Waals surface area contributed by atoms with Crippen molar-refractivity contribution >= 4 is 49.1 Å². The highest BCUT2D eigenvalue weighted by atomic mass is 79.9. The summed E-state index contributed by atoms with van der Waals surface area (Å²) in [5.74, 6) is -0.507. The minimum Gasteiger partial charge on any atom is -0.326 e. The highest BCUT2D eigenvalue weighted by Crippen LogP contribution is 2.32. The Balaban J connectivity index is 1.56. The number of hydrogen-bond acceptors (Lipinski definition) is 4. The van der Waals surface area contributed by atoms with Crippen molar-refractivity contribution in [1.29, 1.82) is 0 Å². The number of aryl methyl sites for hydroxylation is 2. The molecule has 40 heavy (non-hydrogen) atoms. The van der Waals surface area contributed by atoms with Crippen LogP contribution < -0.4 is 10.2 Å². The molecule has 1 N–H and O–H groups in total. The predicted molar refractivity (Wildman–Crippen MR) is 163 cm³/mol. The van der Waals surface area contributed by atoms with E-state index < -0.39 is 10.0 Å². The standard InChI is InChI=1S/C31H36BrN3O4S/c1-20-18-21(2)23(4)30(22(20)3)40(38,39)34-16-14-26(15-17-34)31(37)35(19-25-6-8-27(32)9-7-25)29-12-10-28(11-13-29)33-24(5)36/h6-13,18,26H,14-17,19H2,1-5H3,(H,33,36). The maximum Gasteiger partial charge on any atom is 0.243 e. The van der Waals surface area contributed by atoms with Crippen LogP contribution in [0.25, 0.3) is 0 Å². The zero-order chi connectivity index (χ0) is 29.2. The predicted octanol–water partition coefficient (Wildman–Crippen LogP) is 6.28. The summed E-state index contributed by atoms with van der Waals surface area (Å²) in [6, 6.07) is 17.1. The molecule has 1 aliphatic heterocycles. The van der Waals surface area contributed by atoms with Crippen molar-refractivity contribution in [2.24, 2.45) is 5.92 Å². The summed E-state index contributed by atoms with van der Waals surface area (Å²) in [6.07, 6.45) is 0.892. The normalized spacial score (nSPS) is 14.7. The molecule has 1 saturated heterocycles. The first-order valence-corrected chi connectivity index (χ1v) is 15.6. The van der Waals surface area contributed by atoms with Crippen LogP contribution in [-0.4, -0.2) is 37.6 Å². The number of piperidine rings is 1. The zero-order valence-corrected chi connectivity index (χ0v) is 26.0. The van der Waals surface area contributed by atoms with E-state index in [4.69, 9.17) is 0 Å². The zero-order valence-electron chi connectivity index (χ0n) is 23.6. The summed E-state index contributed by atoms with van der Waals surface area (Å²) in [5, 5.41) is 2.76. The summed E-state index contributed by atoms with van der Waals surface area (Å²) in [5.41, 5.74) is 5.83. The Morgan fingerprint density at radius 2 is 1.48 bits per heavy atom. The molecule has 0 unspecified atom stereocenters. The van der Waals surface area contributed by atoms with Crippen LogP contribution in [0.5, 0.6) is 0 Å². The number of amides is 2. The van der Waals surface area contributed by atoms with Gasteiger partial charge in [-0.2, -0.15) is 4.31 Å². The lowest BCUT2D eigenvalue weighted by molar-refractivity contribution is -0.123. The molecule has 1 heterocycles. The lowest BCUT2D eigenvalue weighted by Gasteiger charge is -2.34. The maximum atomic E-state index is 13.9. The first kappa shape index (κ1) is 30.0. The second kappa shape index (κ2) is 12.2. The quantitative estimate of drug-likeness (QED) is 0.335. The van der Waals surface area contributed by atoms with E-state index in [1.807, 2.05) is 70.2 Å². The molecule has 3 aromatic rings. The minimum atomic E-state index is -3.69. The van der Waals surface area contributed by atoms with E-state index >= 15 is 0 Å². The Bertz CT molecular complexity index is 1490. The molecule has 0 aliphatic carbocycles. The van der Waals surface area contributed by atoms with Crippen LogP contribution in [-0.2, 0) is 26.2 Å². The Kier molecular flexibility index (Phi) is 9.17. The van der Waals surface area contributed by atoms with Gasteiger partial charge < -0.3 is 10.2 Å². The minimum absolute atomic E-state index is 0.0361. The Morgan fingerprint density at radius 1 is 0.925 bits per heavy atom. The number of anilines is 2. The number of halogens is 1. The second-order valence-corrected chi connectivity index (χ2v) is 13.3. The average molecular weight is 627 g/mol. The fourth-order valence-corrected chi connectivity index (χ4v) is 7.57. The SMILES string of the molecule is CC(=O)Nc1ccc(N(Cc2ccc(Br)cc2)C(=O)C2CCN(S(=O)(=O)c3c(C)c(C)cc(C)c3C)CC2)cc1. The van der Waals surface area contributed by atoms with Gasteiger partial charge in [0, 0.05) is 41.8 Å². The molecule has 212 valence electrons. The molecule has 1 fully saturated rings. The van der Waals surface area contributed by atoms with Crippen molar-refractivity contribution in [2.45, 2.75) is 58.9 Å². The van der Waals surface area contributed by atoms with E-state index in [1.54, 1.807) is 17.0 Å². The number of nitrogens with zero attached hydrogens (tertiary/aromatic N) is 2. The molecule has 0 atom stereocenters. The third-order valence-electron chi connectivity index (χ3n) is 7.72. The van der Waals surface area contributed by atoms with Crippen molar-refractivity contribution in [1.82, 2.24) is 4.31 Å². The van der Waals surface area contributed by atoms with Crippen molar-refractivity contribution < 1.29 is 18.0 Å². The van der Waals surface area contributed by atoms with Crippen LogP contribution in [0.4, 0.5) is 11.4 Å². The van der Waals surface area contributed by atoms with Gasteiger partial charge in [-0.1, -0.05) is 34.1 Å². The van der Waals surface area contributed by atoms with Gasteiger partial charge in [-0.3, -0.25) is 9.59 Å².